The highest BCUT2D eigenvalue weighted by atomic mass is 15.4. The summed E-state index contributed by atoms with van der Waals surface area (Å²) in [4.78, 5) is 11.9. The summed E-state index contributed by atoms with van der Waals surface area (Å²) in [6.07, 6.45) is 13.4. The number of aromatic nitrogens is 1. The number of nitrogens with zero attached hydrogens (tertiary/aromatic N) is 3. The molecule has 2 bridgehead atoms. The molecule has 4 heteroatoms. The van der Waals surface area contributed by atoms with Crippen molar-refractivity contribution in [2.45, 2.75) is 62.6 Å². The minimum absolute atomic E-state index is 0.325. The van der Waals surface area contributed by atoms with Crippen LogP contribution in [-0.4, -0.2) is 34.0 Å². The van der Waals surface area contributed by atoms with Crippen molar-refractivity contribution in [3.05, 3.63) is 30.1 Å². The van der Waals surface area contributed by atoms with E-state index in [0.717, 1.165) is 5.92 Å². The van der Waals surface area contributed by atoms with Gasteiger partial charge in [0, 0.05) is 24.4 Å². The second kappa shape index (κ2) is 4.08. The molecule has 1 aromatic rings. The van der Waals surface area contributed by atoms with Gasteiger partial charge in [-0.05, 0) is 62.1 Å². The molecule has 4 atom stereocenters. The van der Waals surface area contributed by atoms with E-state index in [1.165, 1.54) is 63.0 Å². The lowest BCUT2D eigenvalue weighted by atomic mass is 9.56. The smallest absolute Gasteiger partial charge is 0.195 e. The molecule has 5 aliphatic rings. The molecule has 23 heavy (non-hydrogen) atoms. The number of nitrogens with one attached hydrogen (secondary N) is 1. The average molecular weight is 308 g/mol. The van der Waals surface area contributed by atoms with Crippen LogP contribution >= 0.6 is 0 Å². The van der Waals surface area contributed by atoms with Crippen molar-refractivity contribution in [3.63, 3.8) is 0 Å². The third-order valence-electron chi connectivity index (χ3n) is 7.51. The van der Waals surface area contributed by atoms with Gasteiger partial charge in [0.25, 0.3) is 0 Å². The fraction of sp³-hybridized carbons (Fsp3) is 0.684. The van der Waals surface area contributed by atoms with Gasteiger partial charge in [-0.2, -0.15) is 0 Å². The van der Waals surface area contributed by atoms with Gasteiger partial charge in [-0.15, -0.1) is 0 Å². The van der Waals surface area contributed by atoms with Gasteiger partial charge in [0.1, 0.15) is 0 Å². The predicted octanol–water partition coefficient (Wildman–Crippen LogP) is 2.88. The van der Waals surface area contributed by atoms with Crippen LogP contribution in [0, 0.1) is 11.3 Å². The van der Waals surface area contributed by atoms with Gasteiger partial charge in [0.2, 0.25) is 0 Å². The van der Waals surface area contributed by atoms with Crippen molar-refractivity contribution in [1.29, 1.82) is 0 Å². The number of pyridine rings is 1. The maximum absolute atomic E-state index is 5.16. The number of fused-ring (bicyclic) bond motifs is 1. The second-order valence-electron chi connectivity index (χ2n) is 8.62. The summed E-state index contributed by atoms with van der Waals surface area (Å²) in [5.41, 5.74) is 2.26. The van der Waals surface area contributed by atoms with E-state index < -0.39 is 0 Å². The number of aliphatic imine (C=N–C) groups is 1. The molecule has 6 rings (SSSR count). The molecule has 1 saturated heterocycles. The van der Waals surface area contributed by atoms with E-state index >= 15 is 0 Å². The maximum Gasteiger partial charge on any atom is 0.195 e. The molecule has 4 fully saturated rings. The lowest BCUT2D eigenvalue weighted by Crippen LogP contribution is -2.66. The van der Waals surface area contributed by atoms with Crippen LogP contribution in [0.4, 0.5) is 0 Å². The van der Waals surface area contributed by atoms with Crippen LogP contribution in [0.2, 0.25) is 0 Å². The topological polar surface area (TPSA) is 40.5 Å². The van der Waals surface area contributed by atoms with Gasteiger partial charge in [-0.1, -0.05) is 6.42 Å². The Labute approximate surface area is 137 Å². The molecule has 120 valence electrons. The van der Waals surface area contributed by atoms with Gasteiger partial charge in [-0.25, -0.2) is 4.99 Å². The number of hydrogen-bond acceptors (Lipinski definition) is 4. The number of rotatable bonds is 1. The Morgan fingerprint density at radius 2 is 2.04 bits per heavy atom. The minimum atomic E-state index is 0.325. The summed E-state index contributed by atoms with van der Waals surface area (Å²) in [6.45, 7) is 1.19. The highest BCUT2D eigenvalue weighted by Crippen LogP contribution is 2.61. The highest BCUT2D eigenvalue weighted by Gasteiger charge is 2.61. The number of likely N-dealkylation sites (tertiary alicyclic amines) is 1. The summed E-state index contributed by atoms with van der Waals surface area (Å²) < 4.78 is 0. The summed E-state index contributed by atoms with van der Waals surface area (Å²) in [5, 5.41) is 3.91. The van der Waals surface area contributed by atoms with Crippen LogP contribution in [-0.2, 0) is 0 Å². The summed E-state index contributed by atoms with van der Waals surface area (Å²) in [5.74, 6) is 2.14. The van der Waals surface area contributed by atoms with E-state index in [4.69, 9.17) is 4.99 Å². The van der Waals surface area contributed by atoms with Crippen molar-refractivity contribution in [2.24, 2.45) is 16.3 Å². The molecule has 1 N–H and O–H groups in total. The Balaban J connectivity index is 1.33. The fourth-order valence-electron chi connectivity index (χ4n) is 6.22. The number of hydrogen-bond donors (Lipinski definition) is 1. The molecule has 3 heterocycles. The Morgan fingerprint density at radius 1 is 1.17 bits per heavy atom. The zero-order valence-electron chi connectivity index (χ0n) is 13.5. The highest BCUT2D eigenvalue weighted by molar-refractivity contribution is 5.85. The van der Waals surface area contributed by atoms with Crippen LogP contribution in [0.3, 0.4) is 0 Å². The monoisotopic (exact) mass is 308 g/mol. The first-order chi connectivity index (χ1) is 11.3. The van der Waals surface area contributed by atoms with Crippen LogP contribution in [0.5, 0.6) is 0 Å². The van der Waals surface area contributed by atoms with E-state index in [1.807, 2.05) is 12.4 Å². The van der Waals surface area contributed by atoms with Gasteiger partial charge in [-0.3, -0.25) is 4.98 Å². The van der Waals surface area contributed by atoms with E-state index in [9.17, 15) is 0 Å². The van der Waals surface area contributed by atoms with Crippen molar-refractivity contribution in [2.75, 3.05) is 6.54 Å². The first kappa shape index (κ1) is 12.8. The molecule has 4 nitrogen and oxygen atoms in total. The SMILES string of the molecule is c1cc(C2N(C3=NC4CC5CCC4(C5)N3)CC23CCC3)ccn1. The molecular weight excluding hydrogens is 284 g/mol. The quantitative estimate of drug-likeness (QED) is 0.867. The van der Waals surface area contributed by atoms with E-state index in [0.29, 0.717) is 23.0 Å². The average Bonchev–Trinajstić information content (AvgIpc) is 3.13. The Bertz CT molecular complexity index is 680. The Kier molecular flexibility index (Phi) is 2.27. The standard InChI is InChI=1S/C19H24N4/c1-5-18(6-1)12-23(16(18)14-3-8-20-9-4-14)17-21-15-10-13-2-7-19(15,11-13)22-17/h3-4,8-9,13,15-16H,1-2,5-7,10-12H2,(H,21,22). The molecule has 0 aromatic carbocycles. The van der Waals surface area contributed by atoms with Crippen molar-refractivity contribution in [1.82, 2.24) is 15.2 Å². The van der Waals surface area contributed by atoms with Gasteiger partial charge in [0.15, 0.2) is 5.96 Å². The molecule has 2 spiro atoms. The van der Waals surface area contributed by atoms with Crippen LogP contribution in [0.1, 0.15) is 56.6 Å². The van der Waals surface area contributed by atoms with Crippen molar-refractivity contribution < 1.29 is 0 Å². The molecule has 0 radical (unpaired) electrons. The lowest BCUT2D eigenvalue weighted by Gasteiger charge is -2.63. The fourth-order valence-corrected chi connectivity index (χ4v) is 6.22. The van der Waals surface area contributed by atoms with E-state index in [-0.39, 0.29) is 0 Å². The van der Waals surface area contributed by atoms with Crippen molar-refractivity contribution in [3.8, 4) is 0 Å². The van der Waals surface area contributed by atoms with Crippen molar-refractivity contribution >= 4 is 5.96 Å². The first-order valence-electron chi connectivity index (χ1n) is 9.31. The lowest BCUT2D eigenvalue weighted by molar-refractivity contribution is -0.0894. The normalized spacial score (nSPS) is 42.0. The maximum atomic E-state index is 5.16. The molecule has 4 unspecified atom stereocenters. The van der Waals surface area contributed by atoms with Gasteiger partial charge in [0.05, 0.1) is 17.6 Å². The first-order valence-corrected chi connectivity index (χ1v) is 9.31. The second-order valence-corrected chi connectivity index (χ2v) is 8.62. The molecule has 2 aliphatic heterocycles. The molecule has 0 amide bonds. The summed E-state index contributed by atoms with van der Waals surface area (Å²) in [6, 6.07) is 5.47. The Hall–Kier alpha value is -1.58. The third kappa shape index (κ3) is 1.52. The zero-order valence-corrected chi connectivity index (χ0v) is 13.5. The number of guanidine groups is 1. The van der Waals surface area contributed by atoms with Crippen LogP contribution in [0.25, 0.3) is 0 Å². The van der Waals surface area contributed by atoms with Gasteiger partial charge < -0.3 is 10.2 Å². The molecule has 3 aliphatic carbocycles. The molecular formula is C19H24N4. The minimum Gasteiger partial charge on any atom is -0.349 e. The molecule has 3 saturated carbocycles. The van der Waals surface area contributed by atoms with Crippen LogP contribution < -0.4 is 5.32 Å². The Morgan fingerprint density at radius 3 is 2.74 bits per heavy atom. The summed E-state index contributed by atoms with van der Waals surface area (Å²) in [7, 11) is 0. The summed E-state index contributed by atoms with van der Waals surface area (Å²) >= 11 is 0. The largest absolute Gasteiger partial charge is 0.349 e. The predicted molar refractivity (Wildman–Crippen MR) is 89.0 cm³/mol. The van der Waals surface area contributed by atoms with E-state index in [2.05, 4.69) is 27.3 Å². The third-order valence-corrected chi connectivity index (χ3v) is 7.51. The molecule has 1 aromatic heterocycles. The zero-order chi connectivity index (χ0) is 15.1. The van der Waals surface area contributed by atoms with Crippen LogP contribution in [0.15, 0.2) is 29.5 Å². The van der Waals surface area contributed by atoms with E-state index in [1.54, 1.807) is 0 Å². The van der Waals surface area contributed by atoms with Gasteiger partial charge >= 0.3 is 0 Å².